The van der Waals surface area contributed by atoms with Crippen molar-refractivity contribution in [2.45, 2.75) is 32.1 Å². The SMILES string of the molecule is O=C(O)[C@@H](O)CCc1cc2n(c(=O)c1CO)Cc1cc3ccccc3nc1-2. The maximum atomic E-state index is 12.8. The third kappa shape index (κ3) is 2.90. The molecule has 1 atom stereocenters. The number of aromatic nitrogens is 2. The maximum absolute atomic E-state index is 12.8. The van der Waals surface area contributed by atoms with Gasteiger partial charge in [-0.3, -0.25) is 4.79 Å². The first-order chi connectivity index (χ1) is 13.0. The molecular formula is C20H18N2O5. The van der Waals surface area contributed by atoms with Crippen molar-refractivity contribution in [2.75, 3.05) is 0 Å². The summed E-state index contributed by atoms with van der Waals surface area (Å²) in [7, 11) is 0. The fraction of sp³-hybridized carbons (Fsp3) is 0.250. The van der Waals surface area contributed by atoms with Crippen molar-refractivity contribution in [3.05, 3.63) is 63.4 Å². The molecule has 1 aromatic carbocycles. The van der Waals surface area contributed by atoms with Crippen LogP contribution in [0.1, 0.15) is 23.1 Å². The largest absolute Gasteiger partial charge is 0.479 e. The van der Waals surface area contributed by atoms with Gasteiger partial charge in [-0.2, -0.15) is 0 Å². The van der Waals surface area contributed by atoms with Gasteiger partial charge in [-0.25, -0.2) is 9.78 Å². The zero-order valence-electron chi connectivity index (χ0n) is 14.4. The van der Waals surface area contributed by atoms with Crippen molar-refractivity contribution in [3.8, 4) is 11.4 Å². The van der Waals surface area contributed by atoms with Gasteiger partial charge in [-0.1, -0.05) is 18.2 Å². The Bertz CT molecular complexity index is 1120. The molecule has 0 bridgehead atoms. The fourth-order valence-corrected chi connectivity index (χ4v) is 3.57. The number of aliphatic carboxylic acids is 1. The Morgan fingerprint density at radius 3 is 2.78 bits per heavy atom. The third-order valence-corrected chi connectivity index (χ3v) is 5.00. The Kier molecular flexibility index (Phi) is 4.25. The van der Waals surface area contributed by atoms with E-state index in [4.69, 9.17) is 10.1 Å². The first-order valence-electron chi connectivity index (χ1n) is 8.66. The normalized spacial score (nSPS) is 13.4. The fourth-order valence-electron chi connectivity index (χ4n) is 3.57. The van der Waals surface area contributed by atoms with Crippen LogP contribution in [0.3, 0.4) is 0 Å². The number of aryl methyl sites for hydroxylation is 1. The summed E-state index contributed by atoms with van der Waals surface area (Å²) in [5.41, 5.74) is 3.58. The summed E-state index contributed by atoms with van der Waals surface area (Å²) in [5, 5.41) is 29.0. The molecule has 27 heavy (non-hydrogen) atoms. The highest BCUT2D eigenvalue weighted by Crippen LogP contribution is 2.32. The number of fused-ring (bicyclic) bond motifs is 4. The second-order valence-electron chi connectivity index (χ2n) is 6.66. The van der Waals surface area contributed by atoms with Crippen molar-refractivity contribution < 1.29 is 20.1 Å². The van der Waals surface area contributed by atoms with Gasteiger partial charge in [0.1, 0.15) is 0 Å². The Labute approximate surface area is 154 Å². The van der Waals surface area contributed by atoms with Crippen LogP contribution < -0.4 is 5.56 Å². The van der Waals surface area contributed by atoms with Gasteiger partial charge in [0.25, 0.3) is 5.56 Å². The van der Waals surface area contributed by atoms with Crippen LogP contribution in [0.25, 0.3) is 22.3 Å². The molecule has 0 radical (unpaired) electrons. The van der Waals surface area contributed by atoms with E-state index in [1.54, 1.807) is 10.6 Å². The number of aliphatic hydroxyl groups is 2. The van der Waals surface area contributed by atoms with Crippen molar-refractivity contribution >= 4 is 16.9 Å². The number of hydrogen-bond acceptors (Lipinski definition) is 5. The molecule has 138 valence electrons. The molecule has 0 amide bonds. The van der Waals surface area contributed by atoms with Crippen LogP contribution >= 0.6 is 0 Å². The molecule has 7 heteroatoms. The van der Waals surface area contributed by atoms with E-state index in [2.05, 4.69) is 0 Å². The summed E-state index contributed by atoms with van der Waals surface area (Å²) in [6.07, 6.45) is -1.37. The number of benzene rings is 1. The van der Waals surface area contributed by atoms with E-state index in [1.165, 1.54) is 0 Å². The van der Waals surface area contributed by atoms with Crippen molar-refractivity contribution in [1.82, 2.24) is 9.55 Å². The van der Waals surface area contributed by atoms with Crippen LogP contribution in [-0.2, 0) is 24.4 Å². The monoisotopic (exact) mass is 366 g/mol. The van der Waals surface area contributed by atoms with Crippen LogP contribution in [0.5, 0.6) is 0 Å². The smallest absolute Gasteiger partial charge is 0.332 e. The van der Waals surface area contributed by atoms with Crippen LogP contribution in [0.15, 0.2) is 41.2 Å². The average molecular weight is 366 g/mol. The van der Waals surface area contributed by atoms with Crippen molar-refractivity contribution in [3.63, 3.8) is 0 Å². The first kappa shape index (κ1) is 17.4. The van der Waals surface area contributed by atoms with Crippen LogP contribution in [-0.4, -0.2) is 36.9 Å². The lowest BCUT2D eigenvalue weighted by molar-refractivity contribution is -0.146. The van der Waals surface area contributed by atoms with E-state index < -0.39 is 18.7 Å². The predicted molar refractivity (Wildman–Crippen MR) is 98.4 cm³/mol. The summed E-state index contributed by atoms with van der Waals surface area (Å²) in [6.45, 7) is -0.0598. The van der Waals surface area contributed by atoms with Gasteiger partial charge in [0.15, 0.2) is 6.10 Å². The van der Waals surface area contributed by atoms with Crippen molar-refractivity contribution in [1.29, 1.82) is 0 Å². The van der Waals surface area contributed by atoms with E-state index in [1.807, 2.05) is 30.3 Å². The standard InChI is InChI=1S/C20H18N2O5/c23-10-14-11(5-6-17(24)20(26)27)8-16-18-13(9-22(16)19(14)25)7-12-3-1-2-4-15(12)21-18/h1-4,7-8,17,23-24H,5-6,9-10H2,(H,26,27)/t17-/m0/s1. The number of hydrogen-bond donors (Lipinski definition) is 3. The molecule has 1 aliphatic rings. The number of carboxylic acid groups (broad SMARTS) is 1. The minimum atomic E-state index is -1.51. The highest BCUT2D eigenvalue weighted by Gasteiger charge is 2.25. The lowest BCUT2D eigenvalue weighted by Gasteiger charge is -2.12. The van der Waals surface area contributed by atoms with Gasteiger partial charge < -0.3 is 19.9 Å². The van der Waals surface area contributed by atoms with Gasteiger partial charge in [0, 0.05) is 16.5 Å². The van der Waals surface area contributed by atoms with E-state index in [-0.39, 0.29) is 24.0 Å². The number of pyridine rings is 2. The molecule has 1 aliphatic heterocycles. The Morgan fingerprint density at radius 1 is 1.26 bits per heavy atom. The molecule has 4 rings (SSSR count). The lowest BCUT2D eigenvalue weighted by atomic mass is 10.0. The predicted octanol–water partition coefficient (Wildman–Crippen LogP) is 1.30. The molecule has 3 aromatic rings. The summed E-state index contributed by atoms with van der Waals surface area (Å²) < 4.78 is 1.58. The lowest BCUT2D eigenvalue weighted by Crippen LogP contribution is -2.26. The van der Waals surface area contributed by atoms with Crippen LogP contribution in [0.2, 0.25) is 0 Å². The number of carbonyl (C=O) groups is 1. The van der Waals surface area contributed by atoms with Crippen LogP contribution in [0, 0.1) is 0 Å². The minimum Gasteiger partial charge on any atom is -0.479 e. The van der Waals surface area contributed by atoms with Crippen LogP contribution in [0.4, 0.5) is 0 Å². The molecule has 0 aliphatic carbocycles. The number of nitrogens with zero attached hydrogens (tertiary/aromatic N) is 2. The molecule has 0 saturated carbocycles. The molecule has 2 aromatic heterocycles. The molecule has 0 fully saturated rings. The second kappa shape index (κ2) is 6.61. The highest BCUT2D eigenvalue weighted by atomic mass is 16.4. The number of para-hydroxylation sites is 1. The quantitative estimate of drug-likeness (QED) is 0.491. The summed E-state index contributed by atoms with van der Waals surface area (Å²) >= 11 is 0. The Hall–Kier alpha value is -3.03. The molecule has 0 spiro atoms. The molecule has 0 saturated heterocycles. The van der Waals surface area contributed by atoms with Gasteiger partial charge in [0.2, 0.25) is 0 Å². The summed E-state index contributed by atoms with van der Waals surface area (Å²) in [6, 6.07) is 11.5. The summed E-state index contributed by atoms with van der Waals surface area (Å²) in [4.78, 5) is 28.4. The third-order valence-electron chi connectivity index (χ3n) is 5.00. The van der Waals surface area contributed by atoms with Gasteiger partial charge in [-0.15, -0.1) is 0 Å². The number of carboxylic acids is 1. The Morgan fingerprint density at radius 2 is 2.04 bits per heavy atom. The number of rotatable bonds is 5. The minimum absolute atomic E-state index is 0.0385. The Balaban J connectivity index is 1.82. The molecular weight excluding hydrogens is 348 g/mol. The summed E-state index contributed by atoms with van der Waals surface area (Å²) in [5.74, 6) is -1.31. The van der Waals surface area contributed by atoms with E-state index >= 15 is 0 Å². The molecule has 3 heterocycles. The zero-order chi connectivity index (χ0) is 19.1. The topological polar surface area (TPSA) is 113 Å². The highest BCUT2D eigenvalue weighted by molar-refractivity contribution is 5.84. The van der Waals surface area contributed by atoms with E-state index in [0.29, 0.717) is 17.8 Å². The molecule has 3 N–H and O–H groups in total. The second-order valence-corrected chi connectivity index (χ2v) is 6.66. The number of aliphatic hydroxyl groups excluding tert-OH is 2. The van der Waals surface area contributed by atoms with Gasteiger partial charge in [0.05, 0.1) is 30.1 Å². The maximum Gasteiger partial charge on any atom is 0.332 e. The zero-order valence-corrected chi connectivity index (χ0v) is 14.4. The van der Waals surface area contributed by atoms with Gasteiger partial charge in [-0.05, 0) is 36.6 Å². The molecule has 0 unspecified atom stereocenters. The average Bonchev–Trinajstić information content (AvgIpc) is 3.02. The van der Waals surface area contributed by atoms with Gasteiger partial charge >= 0.3 is 5.97 Å². The van der Waals surface area contributed by atoms with E-state index in [0.717, 1.165) is 22.2 Å². The van der Waals surface area contributed by atoms with Crippen molar-refractivity contribution in [2.24, 2.45) is 0 Å². The van der Waals surface area contributed by atoms with E-state index in [9.17, 15) is 19.8 Å². The first-order valence-corrected chi connectivity index (χ1v) is 8.66. The molecule has 7 nitrogen and oxygen atoms in total.